The van der Waals surface area contributed by atoms with Crippen molar-refractivity contribution in [1.29, 1.82) is 0 Å². The number of benzene rings is 1. The second kappa shape index (κ2) is 5.95. The fourth-order valence-electron chi connectivity index (χ4n) is 1.40. The van der Waals surface area contributed by atoms with Gasteiger partial charge in [0.05, 0.1) is 19.8 Å². The first kappa shape index (κ1) is 12.3. The Morgan fingerprint density at radius 3 is 2.69 bits per heavy atom. The molecule has 0 saturated carbocycles. The van der Waals surface area contributed by atoms with Gasteiger partial charge < -0.3 is 9.47 Å². The van der Waals surface area contributed by atoms with Gasteiger partial charge in [-0.05, 0) is 18.6 Å². The summed E-state index contributed by atoms with van der Waals surface area (Å²) < 4.78 is 10.2. The highest BCUT2D eigenvalue weighted by molar-refractivity contribution is 5.98. The second-order valence-electron chi connectivity index (χ2n) is 3.32. The summed E-state index contributed by atoms with van der Waals surface area (Å²) in [5.41, 5.74) is 0.588. The minimum absolute atomic E-state index is 0.0550. The van der Waals surface area contributed by atoms with E-state index in [-0.39, 0.29) is 5.78 Å². The van der Waals surface area contributed by atoms with Crippen molar-refractivity contribution in [2.45, 2.75) is 12.8 Å². The Labute approximate surface area is 95.7 Å². The second-order valence-corrected chi connectivity index (χ2v) is 3.32. The number of carbonyl (C=O) groups is 1. The zero-order chi connectivity index (χ0) is 12.0. The molecule has 3 nitrogen and oxygen atoms in total. The first-order valence-corrected chi connectivity index (χ1v) is 5.09. The van der Waals surface area contributed by atoms with Crippen LogP contribution in [0.5, 0.6) is 11.5 Å². The van der Waals surface area contributed by atoms with Gasteiger partial charge in [-0.2, -0.15) is 0 Å². The van der Waals surface area contributed by atoms with Gasteiger partial charge in [-0.15, -0.1) is 6.58 Å². The molecule has 1 rings (SSSR count). The van der Waals surface area contributed by atoms with Gasteiger partial charge in [-0.1, -0.05) is 6.08 Å². The number of Topliss-reactive ketones (excluding diaryl/α,β-unsaturated/α-hetero) is 1. The normalized spacial score (nSPS) is 9.62. The fourth-order valence-corrected chi connectivity index (χ4v) is 1.40. The van der Waals surface area contributed by atoms with Gasteiger partial charge in [0.25, 0.3) is 0 Å². The summed E-state index contributed by atoms with van der Waals surface area (Å²) in [4.78, 5) is 11.8. The molecule has 0 spiro atoms. The third-order valence-corrected chi connectivity index (χ3v) is 2.28. The Balaban J connectivity index is 2.94. The molecule has 1 aromatic carbocycles. The first-order valence-electron chi connectivity index (χ1n) is 5.09. The van der Waals surface area contributed by atoms with Crippen LogP contribution in [0, 0.1) is 0 Å². The van der Waals surface area contributed by atoms with E-state index in [2.05, 4.69) is 6.58 Å². The maximum absolute atomic E-state index is 11.8. The molecule has 0 amide bonds. The zero-order valence-electron chi connectivity index (χ0n) is 9.66. The summed E-state index contributed by atoms with van der Waals surface area (Å²) in [6.07, 6.45) is 2.86. The molecule has 0 aliphatic rings. The molecule has 16 heavy (non-hydrogen) atoms. The maximum Gasteiger partial charge on any atom is 0.166 e. The highest BCUT2D eigenvalue weighted by Crippen LogP contribution is 2.25. The fraction of sp³-hybridized carbons (Fsp3) is 0.308. The molecule has 0 aliphatic carbocycles. The van der Waals surface area contributed by atoms with E-state index in [9.17, 15) is 4.79 Å². The van der Waals surface area contributed by atoms with Gasteiger partial charge in [0.1, 0.15) is 11.5 Å². The van der Waals surface area contributed by atoms with Crippen molar-refractivity contribution in [3.63, 3.8) is 0 Å². The molecular weight excluding hydrogens is 204 g/mol. The number of methoxy groups -OCH3 is 2. The lowest BCUT2D eigenvalue weighted by molar-refractivity contribution is 0.0980. The summed E-state index contributed by atoms with van der Waals surface area (Å²) in [6.45, 7) is 3.59. The number of hydrogen-bond acceptors (Lipinski definition) is 3. The molecule has 0 radical (unpaired) electrons. The van der Waals surface area contributed by atoms with Gasteiger partial charge in [-0.25, -0.2) is 0 Å². The summed E-state index contributed by atoms with van der Waals surface area (Å²) in [7, 11) is 3.12. The largest absolute Gasteiger partial charge is 0.497 e. The summed E-state index contributed by atoms with van der Waals surface area (Å²) in [5, 5.41) is 0. The van der Waals surface area contributed by atoms with Crippen LogP contribution in [-0.4, -0.2) is 20.0 Å². The van der Waals surface area contributed by atoms with Gasteiger partial charge in [0.15, 0.2) is 5.78 Å². The predicted molar refractivity (Wildman–Crippen MR) is 63.3 cm³/mol. The molecule has 0 aliphatic heterocycles. The first-order chi connectivity index (χ1) is 7.72. The smallest absolute Gasteiger partial charge is 0.166 e. The van der Waals surface area contributed by atoms with E-state index in [4.69, 9.17) is 9.47 Å². The van der Waals surface area contributed by atoms with Crippen LogP contribution in [0.4, 0.5) is 0 Å². The molecule has 0 bridgehead atoms. The molecule has 0 atom stereocenters. The summed E-state index contributed by atoms with van der Waals surface area (Å²) in [5.74, 6) is 1.28. The van der Waals surface area contributed by atoms with Gasteiger partial charge in [-0.3, -0.25) is 4.79 Å². The maximum atomic E-state index is 11.8. The van der Waals surface area contributed by atoms with Crippen LogP contribution in [0.25, 0.3) is 0 Å². The van der Waals surface area contributed by atoms with Gasteiger partial charge in [0, 0.05) is 12.5 Å². The molecule has 0 N–H and O–H groups in total. The molecule has 0 unspecified atom stereocenters. The Hall–Kier alpha value is -1.77. The lowest BCUT2D eigenvalue weighted by Gasteiger charge is -2.08. The van der Waals surface area contributed by atoms with Crippen molar-refractivity contribution in [2.75, 3.05) is 14.2 Å². The highest BCUT2D eigenvalue weighted by Gasteiger charge is 2.12. The van der Waals surface area contributed by atoms with Crippen molar-refractivity contribution in [3.8, 4) is 11.5 Å². The van der Waals surface area contributed by atoms with Crippen molar-refractivity contribution >= 4 is 5.78 Å². The van der Waals surface area contributed by atoms with E-state index in [0.29, 0.717) is 29.9 Å². The van der Waals surface area contributed by atoms with E-state index in [1.165, 1.54) is 0 Å². The SMILES string of the molecule is C=CCCC(=O)c1ccc(OC)cc1OC. The molecule has 0 fully saturated rings. The van der Waals surface area contributed by atoms with Crippen molar-refractivity contribution in [1.82, 2.24) is 0 Å². The Bertz CT molecular complexity index is 383. The van der Waals surface area contributed by atoms with Crippen LogP contribution in [0.2, 0.25) is 0 Å². The van der Waals surface area contributed by atoms with E-state index >= 15 is 0 Å². The minimum atomic E-state index is 0.0550. The Morgan fingerprint density at radius 1 is 1.38 bits per heavy atom. The molecule has 86 valence electrons. The number of allylic oxidation sites excluding steroid dienone is 1. The molecule has 1 aromatic rings. The van der Waals surface area contributed by atoms with Crippen LogP contribution in [0.1, 0.15) is 23.2 Å². The van der Waals surface area contributed by atoms with Gasteiger partial charge >= 0.3 is 0 Å². The lowest BCUT2D eigenvalue weighted by atomic mass is 10.1. The lowest BCUT2D eigenvalue weighted by Crippen LogP contribution is -2.02. The van der Waals surface area contributed by atoms with E-state index in [0.717, 1.165) is 0 Å². The van der Waals surface area contributed by atoms with Crippen LogP contribution in [-0.2, 0) is 0 Å². The van der Waals surface area contributed by atoms with Crippen LogP contribution < -0.4 is 9.47 Å². The summed E-state index contributed by atoms with van der Waals surface area (Å²) in [6, 6.07) is 5.19. The van der Waals surface area contributed by atoms with E-state index < -0.39 is 0 Å². The van der Waals surface area contributed by atoms with Crippen LogP contribution in [0.3, 0.4) is 0 Å². The van der Waals surface area contributed by atoms with Gasteiger partial charge in [0.2, 0.25) is 0 Å². The van der Waals surface area contributed by atoms with Crippen LogP contribution >= 0.6 is 0 Å². The average molecular weight is 220 g/mol. The molecule has 0 heterocycles. The van der Waals surface area contributed by atoms with Crippen molar-refractivity contribution < 1.29 is 14.3 Å². The molecular formula is C13H16O3. The number of ketones is 1. The highest BCUT2D eigenvalue weighted by atomic mass is 16.5. The number of hydrogen-bond donors (Lipinski definition) is 0. The number of carbonyl (C=O) groups excluding carboxylic acids is 1. The minimum Gasteiger partial charge on any atom is -0.497 e. The predicted octanol–water partition coefficient (Wildman–Crippen LogP) is 2.85. The van der Waals surface area contributed by atoms with Crippen LogP contribution in [0.15, 0.2) is 30.9 Å². The quantitative estimate of drug-likeness (QED) is 0.546. The topological polar surface area (TPSA) is 35.5 Å². The van der Waals surface area contributed by atoms with Crippen molar-refractivity contribution in [2.24, 2.45) is 0 Å². The molecule has 3 heteroatoms. The third kappa shape index (κ3) is 2.86. The van der Waals surface area contributed by atoms with Crippen molar-refractivity contribution in [3.05, 3.63) is 36.4 Å². The number of rotatable bonds is 6. The Kier molecular flexibility index (Phi) is 4.58. The standard InChI is InChI=1S/C13H16O3/c1-4-5-6-12(14)11-8-7-10(15-2)9-13(11)16-3/h4,7-9H,1,5-6H2,2-3H3. The molecule has 0 aromatic heterocycles. The third-order valence-electron chi connectivity index (χ3n) is 2.28. The number of ether oxygens (including phenoxy) is 2. The van der Waals surface area contributed by atoms with E-state index in [1.807, 2.05) is 0 Å². The summed E-state index contributed by atoms with van der Waals surface area (Å²) >= 11 is 0. The zero-order valence-corrected chi connectivity index (χ0v) is 9.66. The molecule has 0 saturated heterocycles. The average Bonchev–Trinajstić information content (AvgIpc) is 2.34. The Morgan fingerprint density at radius 2 is 2.12 bits per heavy atom. The monoisotopic (exact) mass is 220 g/mol. The van der Waals surface area contributed by atoms with E-state index in [1.54, 1.807) is 38.5 Å².